The van der Waals surface area contributed by atoms with Crippen molar-refractivity contribution in [3.05, 3.63) is 76.5 Å². The van der Waals surface area contributed by atoms with Gasteiger partial charge in [-0.1, -0.05) is 67.1 Å². The van der Waals surface area contributed by atoms with Crippen LogP contribution in [0.25, 0.3) is 6.08 Å². The molecule has 106 valence electrons. The van der Waals surface area contributed by atoms with Crippen LogP contribution in [0.4, 0.5) is 0 Å². The zero-order chi connectivity index (χ0) is 14.4. The lowest BCUT2D eigenvalue weighted by Crippen LogP contribution is -2.26. The van der Waals surface area contributed by atoms with Gasteiger partial charge >= 0.3 is 0 Å². The number of hydrogen-bond donors (Lipinski definition) is 1. The van der Waals surface area contributed by atoms with Gasteiger partial charge in [0, 0.05) is 11.6 Å². The second-order valence-electron chi connectivity index (χ2n) is 6.43. The lowest BCUT2D eigenvalue weighted by atomic mass is 9.68. The number of rotatable bonds is 0. The molecule has 0 amide bonds. The number of nitrogens with two attached hydrogens (primary N) is 1. The van der Waals surface area contributed by atoms with E-state index in [0.717, 1.165) is 18.5 Å². The summed E-state index contributed by atoms with van der Waals surface area (Å²) in [6.45, 7) is 2.34. The molecule has 3 aliphatic carbocycles. The minimum Gasteiger partial charge on any atom is -0.398 e. The number of benzene rings is 1. The predicted octanol–water partition coefficient (Wildman–Crippen LogP) is 4.55. The molecule has 2 unspecified atom stereocenters. The van der Waals surface area contributed by atoms with Gasteiger partial charge in [-0.2, -0.15) is 0 Å². The van der Waals surface area contributed by atoms with Gasteiger partial charge < -0.3 is 5.73 Å². The average Bonchev–Trinajstić information content (AvgIpc) is 2.67. The minimum atomic E-state index is 0.420. The topological polar surface area (TPSA) is 26.0 Å². The van der Waals surface area contributed by atoms with Gasteiger partial charge in [-0.3, -0.25) is 0 Å². The van der Waals surface area contributed by atoms with Crippen LogP contribution < -0.4 is 5.73 Å². The van der Waals surface area contributed by atoms with E-state index in [4.69, 9.17) is 5.73 Å². The molecule has 0 saturated carbocycles. The highest BCUT2D eigenvalue weighted by atomic mass is 14.6. The Morgan fingerprint density at radius 2 is 1.86 bits per heavy atom. The van der Waals surface area contributed by atoms with Crippen LogP contribution in [0.15, 0.2) is 65.4 Å². The van der Waals surface area contributed by atoms with Crippen LogP contribution in [0.2, 0.25) is 0 Å². The van der Waals surface area contributed by atoms with Gasteiger partial charge in [0.05, 0.1) is 0 Å². The first-order chi connectivity index (χ1) is 10.3. The third-order valence-electron chi connectivity index (χ3n) is 5.16. The summed E-state index contributed by atoms with van der Waals surface area (Å²) >= 11 is 0. The summed E-state index contributed by atoms with van der Waals surface area (Å²) in [5.74, 6) is 1.58. The molecule has 21 heavy (non-hydrogen) atoms. The monoisotopic (exact) mass is 275 g/mol. The van der Waals surface area contributed by atoms with Crippen LogP contribution >= 0.6 is 0 Å². The Balaban J connectivity index is 1.90. The van der Waals surface area contributed by atoms with Crippen LogP contribution in [0.5, 0.6) is 0 Å². The molecule has 2 N–H and O–H groups in total. The zero-order valence-corrected chi connectivity index (χ0v) is 12.4. The van der Waals surface area contributed by atoms with Gasteiger partial charge in [0.25, 0.3) is 0 Å². The van der Waals surface area contributed by atoms with Crippen LogP contribution in [-0.2, 0) is 0 Å². The quantitative estimate of drug-likeness (QED) is 0.738. The largest absolute Gasteiger partial charge is 0.398 e. The molecule has 0 radical (unpaired) electrons. The van der Waals surface area contributed by atoms with Crippen molar-refractivity contribution in [2.24, 2.45) is 17.6 Å². The number of allylic oxidation sites excluding steroid dienone is 5. The minimum absolute atomic E-state index is 0.420. The summed E-state index contributed by atoms with van der Waals surface area (Å²) in [4.78, 5) is 0. The van der Waals surface area contributed by atoms with E-state index in [1.807, 2.05) is 0 Å². The summed E-state index contributed by atoms with van der Waals surface area (Å²) in [6.07, 6.45) is 13.7. The maximum atomic E-state index is 6.40. The van der Waals surface area contributed by atoms with Gasteiger partial charge in [0.2, 0.25) is 0 Å². The molecule has 3 aliphatic rings. The van der Waals surface area contributed by atoms with E-state index in [0.29, 0.717) is 17.8 Å². The van der Waals surface area contributed by atoms with Crippen molar-refractivity contribution < 1.29 is 0 Å². The van der Waals surface area contributed by atoms with Crippen LogP contribution in [0.1, 0.15) is 36.8 Å². The highest BCUT2D eigenvalue weighted by Gasteiger charge is 2.35. The van der Waals surface area contributed by atoms with Gasteiger partial charge in [0.1, 0.15) is 0 Å². The molecule has 0 heterocycles. The van der Waals surface area contributed by atoms with E-state index >= 15 is 0 Å². The van der Waals surface area contributed by atoms with Gasteiger partial charge in [-0.25, -0.2) is 0 Å². The second kappa shape index (κ2) is 4.77. The molecule has 1 aromatic carbocycles. The maximum Gasteiger partial charge on any atom is 0.0353 e. The fraction of sp³-hybridized carbons (Fsp3) is 0.300. The van der Waals surface area contributed by atoms with E-state index in [-0.39, 0.29) is 0 Å². The highest BCUT2D eigenvalue weighted by molar-refractivity contribution is 5.61. The molecule has 0 fully saturated rings. The molecule has 0 aromatic heterocycles. The van der Waals surface area contributed by atoms with Crippen LogP contribution in [0.3, 0.4) is 0 Å². The fourth-order valence-corrected chi connectivity index (χ4v) is 4.19. The Morgan fingerprint density at radius 1 is 1.05 bits per heavy atom. The normalized spacial score (nSPS) is 30.1. The summed E-state index contributed by atoms with van der Waals surface area (Å²) < 4.78 is 0. The highest BCUT2D eigenvalue weighted by Crippen LogP contribution is 2.48. The Kier molecular flexibility index (Phi) is 2.88. The van der Waals surface area contributed by atoms with E-state index in [1.54, 1.807) is 5.57 Å². The smallest absolute Gasteiger partial charge is 0.0353 e. The van der Waals surface area contributed by atoms with Crippen LogP contribution in [-0.4, -0.2) is 0 Å². The lowest BCUT2D eigenvalue weighted by molar-refractivity contribution is 0.472. The second-order valence-corrected chi connectivity index (χ2v) is 6.43. The van der Waals surface area contributed by atoms with Gasteiger partial charge in [-0.15, -0.1) is 0 Å². The number of hydrogen-bond acceptors (Lipinski definition) is 1. The third kappa shape index (κ3) is 1.91. The maximum absolute atomic E-state index is 6.40. The average molecular weight is 275 g/mol. The first-order valence-corrected chi connectivity index (χ1v) is 7.89. The molecule has 0 aliphatic heterocycles. The Hall–Kier alpha value is -2.02. The van der Waals surface area contributed by atoms with Crippen molar-refractivity contribution >= 4 is 6.08 Å². The molecule has 1 nitrogen and oxygen atoms in total. The molecular formula is C20H21N. The van der Waals surface area contributed by atoms with E-state index < -0.39 is 0 Å². The van der Waals surface area contributed by atoms with Crippen molar-refractivity contribution in [2.75, 3.05) is 0 Å². The van der Waals surface area contributed by atoms with Crippen LogP contribution in [0, 0.1) is 11.8 Å². The van der Waals surface area contributed by atoms with Crippen molar-refractivity contribution in [3.63, 3.8) is 0 Å². The van der Waals surface area contributed by atoms with Gasteiger partial charge in [0.15, 0.2) is 0 Å². The molecular weight excluding hydrogens is 254 g/mol. The fourth-order valence-electron chi connectivity index (χ4n) is 4.19. The molecule has 0 bridgehead atoms. The number of fused-ring (bicyclic) bond motifs is 4. The molecule has 0 spiro atoms. The zero-order valence-electron chi connectivity index (χ0n) is 12.4. The molecule has 0 saturated heterocycles. The molecule has 4 rings (SSSR count). The Morgan fingerprint density at radius 3 is 2.76 bits per heavy atom. The SMILES string of the molecule is C[C@H]1CC=CC2=C1C1CC=Cc3ccccc3C1C=C2N. The molecule has 1 heteroatoms. The summed E-state index contributed by atoms with van der Waals surface area (Å²) in [5.41, 5.74) is 13.0. The van der Waals surface area contributed by atoms with Crippen molar-refractivity contribution in [2.45, 2.75) is 25.7 Å². The summed E-state index contributed by atoms with van der Waals surface area (Å²) in [6, 6.07) is 8.75. The van der Waals surface area contributed by atoms with Crippen molar-refractivity contribution in [1.29, 1.82) is 0 Å². The van der Waals surface area contributed by atoms with Crippen molar-refractivity contribution in [3.8, 4) is 0 Å². The Bertz CT molecular complexity index is 702. The van der Waals surface area contributed by atoms with E-state index in [9.17, 15) is 0 Å². The lowest BCUT2D eigenvalue weighted by Gasteiger charge is -2.37. The van der Waals surface area contributed by atoms with Gasteiger partial charge in [-0.05, 0) is 41.4 Å². The summed E-state index contributed by atoms with van der Waals surface area (Å²) in [5, 5.41) is 0. The third-order valence-corrected chi connectivity index (χ3v) is 5.16. The van der Waals surface area contributed by atoms with E-state index in [2.05, 4.69) is 61.6 Å². The predicted molar refractivity (Wildman–Crippen MR) is 88.5 cm³/mol. The Labute approximate surface area is 126 Å². The first-order valence-electron chi connectivity index (χ1n) is 7.89. The first kappa shape index (κ1) is 12.7. The molecule has 3 atom stereocenters. The standard InChI is InChI=1S/C20H21N/c1-13-6-4-11-17-19(21)12-18-15-9-3-2-7-14(15)8-5-10-16(18)20(13)17/h2-5,7-9,11-13,16,18H,6,10,21H2,1H3/t13-,16?,18?/m0/s1. The van der Waals surface area contributed by atoms with E-state index in [1.165, 1.54) is 16.7 Å². The van der Waals surface area contributed by atoms with Crippen molar-refractivity contribution in [1.82, 2.24) is 0 Å². The summed E-state index contributed by atoms with van der Waals surface area (Å²) in [7, 11) is 0. The molecule has 1 aromatic rings.